The van der Waals surface area contributed by atoms with Crippen molar-refractivity contribution < 1.29 is 13.2 Å². The van der Waals surface area contributed by atoms with Crippen LogP contribution in [0.4, 0.5) is 24.8 Å². The van der Waals surface area contributed by atoms with Gasteiger partial charge in [0.05, 0.1) is 6.20 Å². The number of benzene rings is 2. The molecule has 1 N–H and O–H groups in total. The molecule has 3 aromatic rings. The van der Waals surface area contributed by atoms with Crippen LogP contribution < -0.4 is 5.32 Å². The molecule has 0 aliphatic rings. The largest absolute Gasteiger partial charge is 0.324 e. The maximum Gasteiger partial charge on any atom is 0.227 e. The molecule has 1 aromatic heterocycles. The Balaban J connectivity index is 1.83. The summed E-state index contributed by atoms with van der Waals surface area (Å²) in [5.41, 5.74) is 1.55. The zero-order valence-corrected chi connectivity index (χ0v) is 15.5. The van der Waals surface area contributed by atoms with E-state index in [4.69, 9.17) is 0 Å². The molecule has 140 valence electrons. The normalized spacial score (nSPS) is 10.8. The molecule has 0 atom stereocenters. The number of halogens is 3. The molecule has 0 radical (unpaired) electrons. The number of thioether (sulfide) groups is 1. The van der Waals surface area contributed by atoms with E-state index in [2.05, 4.69) is 22.2 Å². The highest BCUT2D eigenvalue weighted by molar-refractivity contribution is 7.98. The minimum Gasteiger partial charge on any atom is -0.324 e. The third-order valence-electron chi connectivity index (χ3n) is 3.73. The number of nitrogens with zero attached hydrogens (tertiary/aromatic N) is 2. The van der Waals surface area contributed by atoms with Gasteiger partial charge in [0.2, 0.25) is 5.95 Å². The van der Waals surface area contributed by atoms with Gasteiger partial charge in [0.15, 0.2) is 5.82 Å². The van der Waals surface area contributed by atoms with Gasteiger partial charge in [-0.1, -0.05) is 19.1 Å². The van der Waals surface area contributed by atoms with E-state index < -0.39 is 17.5 Å². The molecule has 0 bridgehead atoms. The van der Waals surface area contributed by atoms with Crippen LogP contribution in [0.5, 0.6) is 0 Å². The highest BCUT2D eigenvalue weighted by Gasteiger charge is 2.14. The molecular weight excluding hydrogens is 371 g/mol. The molecular formula is C20H18F3N3S. The van der Waals surface area contributed by atoms with Gasteiger partial charge in [-0.15, -0.1) is 0 Å². The van der Waals surface area contributed by atoms with Crippen LogP contribution in [0.1, 0.15) is 18.9 Å². The van der Waals surface area contributed by atoms with E-state index in [0.717, 1.165) is 47.5 Å². The number of hydrogen-bond donors (Lipinski definition) is 1. The average Bonchev–Trinajstić information content (AvgIpc) is 2.64. The predicted octanol–water partition coefficient (Wildman–Crippen LogP) is 5.95. The number of anilines is 2. The Morgan fingerprint density at radius 3 is 2.67 bits per heavy atom. The van der Waals surface area contributed by atoms with Crippen molar-refractivity contribution in [2.24, 2.45) is 0 Å². The first-order valence-electron chi connectivity index (χ1n) is 8.48. The average molecular weight is 389 g/mol. The minimum atomic E-state index is -0.881. The fraction of sp³-hybridized carbons (Fsp3) is 0.200. The Labute approximate surface area is 160 Å². The lowest BCUT2D eigenvalue weighted by molar-refractivity contribution is 0.580. The molecule has 3 nitrogen and oxygen atoms in total. The molecule has 3 rings (SSSR count). The Bertz CT molecular complexity index is 934. The van der Waals surface area contributed by atoms with Crippen LogP contribution in [0.2, 0.25) is 0 Å². The number of nitrogens with one attached hydrogen (secondary N) is 1. The summed E-state index contributed by atoms with van der Waals surface area (Å²) in [5, 5.41) is 3.01. The number of aromatic nitrogens is 2. The summed E-state index contributed by atoms with van der Waals surface area (Å²) in [6.45, 7) is 2.14. The summed E-state index contributed by atoms with van der Waals surface area (Å²) in [6, 6.07) is 10.7. The first-order valence-corrected chi connectivity index (χ1v) is 9.64. The lowest BCUT2D eigenvalue weighted by atomic mass is 10.1. The smallest absolute Gasteiger partial charge is 0.227 e. The Hall–Kier alpha value is -2.54. The van der Waals surface area contributed by atoms with E-state index in [9.17, 15) is 13.2 Å². The molecule has 7 heteroatoms. The summed E-state index contributed by atoms with van der Waals surface area (Å²) in [7, 11) is 0. The molecule has 27 heavy (non-hydrogen) atoms. The highest BCUT2D eigenvalue weighted by atomic mass is 32.2. The topological polar surface area (TPSA) is 37.8 Å². The van der Waals surface area contributed by atoms with Gasteiger partial charge in [0.25, 0.3) is 0 Å². The van der Waals surface area contributed by atoms with Gasteiger partial charge in [-0.3, -0.25) is 0 Å². The van der Waals surface area contributed by atoms with E-state index in [1.807, 2.05) is 36.0 Å². The second kappa shape index (κ2) is 8.90. The summed E-state index contributed by atoms with van der Waals surface area (Å²) >= 11 is 1.84. The lowest BCUT2D eigenvalue weighted by Gasteiger charge is -2.10. The van der Waals surface area contributed by atoms with Crippen LogP contribution in [-0.2, 0) is 5.75 Å². The fourth-order valence-electron chi connectivity index (χ4n) is 2.50. The zero-order valence-electron chi connectivity index (χ0n) is 14.7. The van der Waals surface area contributed by atoms with E-state index in [0.29, 0.717) is 6.07 Å². The van der Waals surface area contributed by atoms with E-state index >= 15 is 0 Å². The van der Waals surface area contributed by atoms with Crippen LogP contribution >= 0.6 is 11.8 Å². The second-order valence-corrected chi connectivity index (χ2v) is 7.00. The van der Waals surface area contributed by atoms with Crippen LogP contribution in [0.15, 0.2) is 48.7 Å². The maximum absolute atomic E-state index is 14.1. The second-order valence-electron chi connectivity index (χ2n) is 5.89. The zero-order chi connectivity index (χ0) is 19.2. The van der Waals surface area contributed by atoms with Crippen molar-refractivity contribution in [3.8, 4) is 11.3 Å². The summed E-state index contributed by atoms with van der Waals surface area (Å²) < 4.78 is 41.2. The van der Waals surface area contributed by atoms with E-state index in [-0.39, 0.29) is 17.2 Å². The molecule has 0 aliphatic heterocycles. The minimum absolute atomic E-state index is 0.121. The molecule has 0 amide bonds. The van der Waals surface area contributed by atoms with E-state index in [1.165, 1.54) is 0 Å². The molecule has 0 saturated heterocycles. The van der Waals surface area contributed by atoms with Crippen molar-refractivity contribution in [3.63, 3.8) is 0 Å². The van der Waals surface area contributed by atoms with Gasteiger partial charge in [-0.05, 0) is 42.0 Å². The lowest BCUT2D eigenvalue weighted by Crippen LogP contribution is -2.02. The molecule has 0 unspecified atom stereocenters. The van der Waals surface area contributed by atoms with Crippen molar-refractivity contribution >= 4 is 23.4 Å². The Morgan fingerprint density at radius 1 is 1.04 bits per heavy atom. The number of rotatable bonds is 7. The highest BCUT2D eigenvalue weighted by Crippen LogP contribution is 2.26. The third-order valence-corrected chi connectivity index (χ3v) is 4.97. The van der Waals surface area contributed by atoms with Crippen LogP contribution in [0.25, 0.3) is 11.3 Å². The molecule has 1 heterocycles. The Kier molecular flexibility index (Phi) is 6.34. The monoisotopic (exact) mass is 389 g/mol. The van der Waals surface area contributed by atoms with Crippen molar-refractivity contribution in [3.05, 3.63) is 71.7 Å². The molecule has 0 fully saturated rings. The van der Waals surface area contributed by atoms with Gasteiger partial charge < -0.3 is 5.32 Å². The van der Waals surface area contributed by atoms with E-state index in [1.54, 1.807) is 0 Å². The fourth-order valence-corrected chi connectivity index (χ4v) is 3.35. The quantitative estimate of drug-likeness (QED) is 0.507. The van der Waals surface area contributed by atoms with Crippen molar-refractivity contribution in [1.29, 1.82) is 0 Å². The standard InChI is InChI=1S/C20H18F3N3S/c1-2-8-27-12-13-4-3-5-15(9-13)25-20-24-11-18(23)19(26-20)16-7-6-14(21)10-17(16)22/h3-7,9-11H,2,8,12H2,1H3,(H,24,25,26). The van der Waals surface area contributed by atoms with Gasteiger partial charge >= 0.3 is 0 Å². The molecule has 2 aromatic carbocycles. The summed E-state index contributed by atoms with van der Waals surface area (Å²) in [5.74, 6) is -0.287. The van der Waals surface area contributed by atoms with Gasteiger partial charge in [-0.2, -0.15) is 11.8 Å². The molecule has 0 spiro atoms. The molecule has 0 aliphatic carbocycles. The van der Waals surface area contributed by atoms with Crippen LogP contribution in [0, 0.1) is 17.5 Å². The third kappa shape index (κ3) is 5.01. The van der Waals surface area contributed by atoms with Gasteiger partial charge in [-0.25, -0.2) is 23.1 Å². The number of hydrogen-bond acceptors (Lipinski definition) is 4. The first-order chi connectivity index (χ1) is 13.1. The summed E-state index contributed by atoms with van der Waals surface area (Å²) in [4.78, 5) is 7.98. The predicted molar refractivity (Wildman–Crippen MR) is 104 cm³/mol. The molecule has 0 saturated carbocycles. The van der Waals surface area contributed by atoms with Crippen molar-refractivity contribution in [1.82, 2.24) is 9.97 Å². The van der Waals surface area contributed by atoms with Crippen molar-refractivity contribution in [2.75, 3.05) is 11.1 Å². The summed E-state index contributed by atoms with van der Waals surface area (Å²) in [6.07, 6.45) is 2.09. The first kappa shape index (κ1) is 19.2. The van der Waals surface area contributed by atoms with Crippen LogP contribution in [-0.4, -0.2) is 15.7 Å². The van der Waals surface area contributed by atoms with Crippen molar-refractivity contribution in [2.45, 2.75) is 19.1 Å². The van der Waals surface area contributed by atoms with Gasteiger partial charge in [0.1, 0.15) is 17.3 Å². The maximum atomic E-state index is 14.1. The van der Waals surface area contributed by atoms with Gasteiger partial charge in [0, 0.05) is 23.1 Å². The SMILES string of the molecule is CCCSCc1cccc(Nc2ncc(F)c(-c3ccc(F)cc3F)n2)c1. The van der Waals surface area contributed by atoms with Crippen LogP contribution in [0.3, 0.4) is 0 Å². The Morgan fingerprint density at radius 2 is 1.89 bits per heavy atom.